The normalized spacial score (nSPS) is 12.1. The number of carbonyl (C=O) groups is 1. The lowest BCUT2D eigenvalue weighted by Gasteiger charge is -2.13. The van der Waals surface area contributed by atoms with Crippen molar-refractivity contribution in [2.45, 2.75) is 19.4 Å². The van der Waals surface area contributed by atoms with E-state index in [0.29, 0.717) is 12.3 Å². The van der Waals surface area contributed by atoms with Crippen LogP contribution in [0, 0.1) is 0 Å². The highest BCUT2D eigenvalue weighted by Gasteiger charge is 2.09. The van der Waals surface area contributed by atoms with Crippen molar-refractivity contribution in [3.05, 3.63) is 18.4 Å². The Labute approximate surface area is 82.1 Å². The van der Waals surface area contributed by atoms with Crippen molar-refractivity contribution in [1.82, 2.24) is 5.32 Å². The predicted molar refractivity (Wildman–Crippen MR) is 52.0 cm³/mol. The van der Waals surface area contributed by atoms with Crippen LogP contribution in [-0.2, 0) is 0 Å². The molecule has 0 fully saturated rings. The van der Waals surface area contributed by atoms with E-state index in [9.17, 15) is 4.79 Å². The Balaban J connectivity index is 2.35. The van der Waals surface area contributed by atoms with E-state index in [1.807, 2.05) is 6.92 Å². The second-order valence-corrected chi connectivity index (χ2v) is 2.86. The molecular formula is C9H14N2O3. The molecule has 1 aromatic heterocycles. The van der Waals surface area contributed by atoms with Gasteiger partial charge in [-0.3, -0.25) is 5.32 Å². The fourth-order valence-corrected chi connectivity index (χ4v) is 0.960. The molecule has 3 N–H and O–H groups in total. The average molecular weight is 198 g/mol. The van der Waals surface area contributed by atoms with Crippen LogP contribution in [0.5, 0.6) is 0 Å². The number of rotatable bonds is 4. The number of anilines is 1. The van der Waals surface area contributed by atoms with Crippen LogP contribution in [0.25, 0.3) is 0 Å². The molecule has 1 atom stereocenters. The van der Waals surface area contributed by atoms with Crippen LogP contribution in [0.3, 0.4) is 0 Å². The summed E-state index contributed by atoms with van der Waals surface area (Å²) in [7, 11) is 0. The number of aliphatic hydroxyl groups excluding tert-OH is 1. The first-order chi connectivity index (χ1) is 6.76. The van der Waals surface area contributed by atoms with Gasteiger partial charge < -0.3 is 14.8 Å². The van der Waals surface area contributed by atoms with Crippen molar-refractivity contribution < 1.29 is 14.3 Å². The predicted octanol–water partition coefficient (Wildman–Crippen LogP) is 1.17. The number of amides is 2. The number of urea groups is 1. The van der Waals surface area contributed by atoms with Crippen LogP contribution < -0.4 is 10.6 Å². The van der Waals surface area contributed by atoms with Crippen LogP contribution in [-0.4, -0.2) is 23.8 Å². The largest absolute Gasteiger partial charge is 0.449 e. The number of carbonyl (C=O) groups excluding carboxylic acids is 1. The molecule has 2 amide bonds. The van der Waals surface area contributed by atoms with Gasteiger partial charge in [-0.2, -0.15) is 0 Å². The summed E-state index contributed by atoms with van der Waals surface area (Å²) in [5, 5.41) is 13.9. The quantitative estimate of drug-likeness (QED) is 0.679. The van der Waals surface area contributed by atoms with Gasteiger partial charge in [-0.05, 0) is 12.5 Å². The minimum atomic E-state index is -0.374. The summed E-state index contributed by atoms with van der Waals surface area (Å²) < 4.78 is 4.92. The van der Waals surface area contributed by atoms with E-state index in [1.54, 1.807) is 12.1 Å². The lowest BCUT2D eigenvalue weighted by Crippen LogP contribution is -2.39. The van der Waals surface area contributed by atoms with Crippen LogP contribution in [0.1, 0.15) is 13.3 Å². The summed E-state index contributed by atoms with van der Waals surface area (Å²) in [6.45, 7) is 1.82. The number of hydrogen-bond donors (Lipinski definition) is 3. The lowest BCUT2D eigenvalue weighted by atomic mass is 10.2. The molecule has 1 heterocycles. The lowest BCUT2D eigenvalue weighted by molar-refractivity contribution is 0.222. The maximum Gasteiger partial charge on any atom is 0.321 e. The molecule has 0 spiro atoms. The Bertz CT molecular complexity index is 268. The van der Waals surface area contributed by atoms with E-state index in [0.717, 1.165) is 0 Å². The zero-order chi connectivity index (χ0) is 10.4. The third-order valence-corrected chi connectivity index (χ3v) is 1.81. The molecule has 0 radical (unpaired) electrons. The molecule has 1 rings (SSSR count). The van der Waals surface area contributed by atoms with Gasteiger partial charge in [-0.1, -0.05) is 6.92 Å². The standard InChI is InChI=1S/C9H14N2O3/c1-2-7(6-12)10-9(13)11-8-4-3-5-14-8/h3-5,7,12H,2,6H2,1H3,(H2,10,11,13). The molecule has 14 heavy (non-hydrogen) atoms. The maximum absolute atomic E-state index is 11.2. The highest BCUT2D eigenvalue weighted by atomic mass is 16.3. The highest BCUT2D eigenvalue weighted by Crippen LogP contribution is 2.05. The molecule has 0 aliphatic carbocycles. The van der Waals surface area contributed by atoms with Crippen molar-refractivity contribution in [3.63, 3.8) is 0 Å². The zero-order valence-electron chi connectivity index (χ0n) is 7.99. The van der Waals surface area contributed by atoms with Gasteiger partial charge in [0, 0.05) is 6.07 Å². The smallest absolute Gasteiger partial charge is 0.321 e. The van der Waals surface area contributed by atoms with Gasteiger partial charge in [0.05, 0.1) is 18.9 Å². The topological polar surface area (TPSA) is 74.5 Å². The average Bonchev–Trinajstić information content (AvgIpc) is 2.66. The van der Waals surface area contributed by atoms with Gasteiger partial charge in [-0.25, -0.2) is 4.79 Å². The summed E-state index contributed by atoms with van der Waals surface area (Å²) >= 11 is 0. The van der Waals surface area contributed by atoms with Gasteiger partial charge in [0.25, 0.3) is 0 Å². The third kappa shape index (κ3) is 3.10. The van der Waals surface area contributed by atoms with E-state index in [1.165, 1.54) is 6.26 Å². The van der Waals surface area contributed by atoms with Crippen molar-refractivity contribution in [3.8, 4) is 0 Å². The SMILES string of the molecule is CCC(CO)NC(=O)Nc1ccco1. The summed E-state index contributed by atoms with van der Waals surface area (Å²) in [5.41, 5.74) is 0. The molecule has 0 bridgehead atoms. The van der Waals surface area contributed by atoms with Crippen molar-refractivity contribution in [2.75, 3.05) is 11.9 Å². The first-order valence-corrected chi connectivity index (χ1v) is 4.48. The molecule has 0 aliphatic heterocycles. The Morgan fingerprint density at radius 2 is 2.50 bits per heavy atom. The van der Waals surface area contributed by atoms with Gasteiger partial charge in [-0.15, -0.1) is 0 Å². The van der Waals surface area contributed by atoms with Crippen molar-refractivity contribution in [2.24, 2.45) is 0 Å². The summed E-state index contributed by atoms with van der Waals surface area (Å²) in [6.07, 6.45) is 2.15. The van der Waals surface area contributed by atoms with E-state index in [2.05, 4.69) is 10.6 Å². The Hall–Kier alpha value is -1.49. The fourth-order valence-electron chi connectivity index (χ4n) is 0.960. The molecule has 0 saturated carbocycles. The van der Waals surface area contributed by atoms with Gasteiger partial charge >= 0.3 is 6.03 Å². The minimum Gasteiger partial charge on any atom is -0.449 e. The van der Waals surface area contributed by atoms with E-state index in [4.69, 9.17) is 9.52 Å². The summed E-state index contributed by atoms with van der Waals surface area (Å²) in [4.78, 5) is 11.2. The molecule has 0 aromatic carbocycles. The Kier molecular flexibility index (Phi) is 4.00. The number of furan rings is 1. The maximum atomic E-state index is 11.2. The summed E-state index contributed by atoms with van der Waals surface area (Å²) in [6, 6.07) is 2.73. The summed E-state index contributed by atoms with van der Waals surface area (Å²) in [5.74, 6) is 0.385. The molecule has 0 saturated heterocycles. The van der Waals surface area contributed by atoms with Crippen molar-refractivity contribution >= 4 is 11.9 Å². The van der Waals surface area contributed by atoms with Gasteiger partial charge in [0.2, 0.25) is 5.88 Å². The van der Waals surface area contributed by atoms with E-state index in [-0.39, 0.29) is 18.7 Å². The second kappa shape index (κ2) is 5.29. The van der Waals surface area contributed by atoms with Gasteiger partial charge in [0.15, 0.2) is 0 Å². The third-order valence-electron chi connectivity index (χ3n) is 1.81. The Morgan fingerprint density at radius 3 is 3.00 bits per heavy atom. The first-order valence-electron chi connectivity index (χ1n) is 4.48. The van der Waals surface area contributed by atoms with Gasteiger partial charge in [0.1, 0.15) is 0 Å². The molecule has 5 heteroatoms. The molecule has 1 unspecified atom stereocenters. The molecule has 1 aromatic rings. The van der Waals surface area contributed by atoms with Crippen LogP contribution in [0.2, 0.25) is 0 Å². The molecule has 0 aliphatic rings. The monoisotopic (exact) mass is 198 g/mol. The Morgan fingerprint density at radius 1 is 1.71 bits per heavy atom. The highest BCUT2D eigenvalue weighted by molar-refractivity contribution is 5.87. The van der Waals surface area contributed by atoms with Crippen LogP contribution in [0.4, 0.5) is 10.7 Å². The minimum absolute atomic E-state index is 0.0674. The van der Waals surface area contributed by atoms with Crippen LogP contribution in [0.15, 0.2) is 22.8 Å². The van der Waals surface area contributed by atoms with E-state index >= 15 is 0 Å². The number of hydrogen-bond acceptors (Lipinski definition) is 3. The first kappa shape index (κ1) is 10.6. The fraction of sp³-hybridized carbons (Fsp3) is 0.444. The molecular weight excluding hydrogens is 184 g/mol. The second-order valence-electron chi connectivity index (χ2n) is 2.86. The van der Waals surface area contributed by atoms with Crippen LogP contribution >= 0.6 is 0 Å². The zero-order valence-corrected chi connectivity index (χ0v) is 7.99. The van der Waals surface area contributed by atoms with Crippen molar-refractivity contribution in [1.29, 1.82) is 0 Å². The molecule has 78 valence electrons. The number of aliphatic hydroxyl groups is 1. The number of nitrogens with one attached hydrogen (secondary N) is 2. The van der Waals surface area contributed by atoms with E-state index < -0.39 is 0 Å². The molecule has 5 nitrogen and oxygen atoms in total.